The molecule has 21 heavy (non-hydrogen) atoms. The van der Waals surface area contributed by atoms with Gasteiger partial charge in [-0.25, -0.2) is 9.18 Å². The van der Waals surface area contributed by atoms with Crippen molar-refractivity contribution < 1.29 is 23.8 Å². The second-order valence-electron chi connectivity index (χ2n) is 4.81. The molecule has 1 amide bonds. The van der Waals surface area contributed by atoms with Crippen molar-refractivity contribution in [3.05, 3.63) is 29.6 Å². The Labute approximate surface area is 121 Å². The Kier molecular flexibility index (Phi) is 5.24. The van der Waals surface area contributed by atoms with Crippen molar-refractivity contribution in [2.45, 2.75) is 18.9 Å². The highest BCUT2D eigenvalue weighted by Crippen LogP contribution is 2.16. The third-order valence-corrected chi connectivity index (χ3v) is 3.22. The number of nitrogens with one attached hydrogen (secondary N) is 2. The lowest BCUT2D eigenvalue weighted by atomic mass is 10.1. The van der Waals surface area contributed by atoms with Crippen molar-refractivity contribution in [1.29, 1.82) is 0 Å². The number of benzene rings is 1. The summed E-state index contributed by atoms with van der Waals surface area (Å²) in [5.74, 6) is -2.37. The first-order valence-electron chi connectivity index (χ1n) is 6.71. The highest BCUT2D eigenvalue weighted by Gasteiger charge is 2.16. The summed E-state index contributed by atoms with van der Waals surface area (Å²) in [6.45, 7) is 1.52. The Morgan fingerprint density at radius 1 is 1.38 bits per heavy atom. The van der Waals surface area contributed by atoms with E-state index < -0.39 is 17.7 Å². The zero-order valence-corrected chi connectivity index (χ0v) is 11.4. The van der Waals surface area contributed by atoms with E-state index in [1.807, 2.05) is 0 Å². The standard InChI is InChI=1S/C14H17FN2O4/c15-11-2-1-9(14(19)20)7-12(11)17-13(18)8-21-10-3-5-16-6-4-10/h1-2,7,10,16H,3-6,8H2,(H,17,18)(H,19,20). The third kappa shape index (κ3) is 4.51. The molecule has 2 rings (SSSR count). The molecule has 1 aliphatic rings. The van der Waals surface area contributed by atoms with Crippen LogP contribution < -0.4 is 10.6 Å². The number of carbonyl (C=O) groups excluding carboxylic acids is 1. The van der Waals surface area contributed by atoms with Gasteiger partial charge in [0.05, 0.1) is 17.4 Å². The molecule has 1 saturated heterocycles. The summed E-state index contributed by atoms with van der Waals surface area (Å²) in [5, 5.41) is 14.3. The monoisotopic (exact) mass is 296 g/mol. The average molecular weight is 296 g/mol. The van der Waals surface area contributed by atoms with Crippen LogP contribution in [0, 0.1) is 5.82 Å². The molecular formula is C14H17FN2O4. The van der Waals surface area contributed by atoms with Crippen molar-refractivity contribution in [2.75, 3.05) is 25.0 Å². The highest BCUT2D eigenvalue weighted by atomic mass is 19.1. The number of rotatable bonds is 5. The van der Waals surface area contributed by atoms with Gasteiger partial charge in [-0.2, -0.15) is 0 Å². The van der Waals surface area contributed by atoms with Gasteiger partial charge in [-0.05, 0) is 44.1 Å². The van der Waals surface area contributed by atoms with Gasteiger partial charge in [0.25, 0.3) is 0 Å². The third-order valence-electron chi connectivity index (χ3n) is 3.22. The van der Waals surface area contributed by atoms with Gasteiger partial charge >= 0.3 is 5.97 Å². The summed E-state index contributed by atoms with van der Waals surface area (Å²) in [4.78, 5) is 22.5. The van der Waals surface area contributed by atoms with Gasteiger partial charge in [0, 0.05) is 0 Å². The number of amides is 1. The van der Waals surface area contributed by atoms with Crippen molar-refractivity contribution in [3.63, 3.8) is 0 Å². The van der Waals surface area contributed by atoms with Crippen molar-refractivity contribution >= 4 is 17.6 Å². The molecule has 1 heterocycles. The second kappa shape index (κ2) is 7.14. The average Bonchev–Trinajstić information content (AvgIpc) is 2.48. The van der Waals surface area contributed by atoms with Crippen LogP contribution in [-0.2, 0) is 9.53 Å². The van der Waals surface area contributed by atoms with Gasteiger partial charge in [-0.15, -0.1) is 0 Å². The van der Waals surface area contributed by atoms with Crippen LogP contribution in [0.4, 0.5) is 10.1 Å². The van der Waals surface area contributed by atoms with E-state index in [0.29, 0.717) is 0 Å². The number of carbonyl (C=O) groups is 2. The molecule has 0 saturated carbocycles. The number of ether oxygens (including phenoxy) is 1. The van der Waals surface area contributed by atoms with E-state index in [1.165, 1.54) is 0 Å². The molecule has 0 spiro atoms. The van der Waals surface area contributed by atoms with E-state index in [0.717, 1.165) is 44.1 Å². The molecule has 114 valence electrons. The van der Waals surface area contributed by atoms with Gasteiger partial charge in [-0.3, -0.25) is 4.79 Å². The maximum absolute atomic E-state index is 13.5. The summed E-state index contributed by atoms with van der Waals surface area (Å²) in [7, 11) is 0. The molecule has 1 fully saturated rings. The van der Waals surface area contributed by atoms with Gasteiger partial charge < -0.3 is 20.5 Å². The first kappa shape index (κ1) is 15.4. The first-order valence-corrected chi connectivity index (χ1v) is 6.71. The van der Waals surface area contributed by atoms with Crippen LogP contribution in [0.15, 0.2) is 18.2 Å². The maximum Gasteiger partial charge on any atom is 0.335 e. The van der Waals surface area contributed by atoms with E-state index in [1.54, 1.807) is 0 Å². The summed E-state index contributed by atoms with van der Waals surface area (Å²) in [6.07, 6.45) is 1.68. The van der Waals surface area contributed by atoms with E-state index in [4.69, 9.17) is 9.84 Å². The van der Waals surface area contributed by atoms with E-state index in [2.05, 4.69) is 10.6 Å². The SMILES string of the molecule is O=C(COC1CCNCC1)Nc1cc(C(=O)O)ccc1F. The minimum atomic E-state index is -1.18. The minimum absolute atomic E-state index is 0.0206. The first-order chi connectivity index (χ1) is 10.1. The van der Waals surface area contributed by atoms with Gasteiger partial charge in [0.2, 0.25) is 5.91 Å². The number of piperidine rings is 1. The number of carboxylic acid groups (broad SMARTS) is 1. The Balaban J connectivity index is 1.89. The molecular weight excluding hydrogens is 279 g/mol. The fourth-order valence-corrected chi connectivity index (χ4v) is 2.10. The molecule has 1 aromatic rings. The molecule has 6 nitrogen and oxygen atoms in total. The molecule has 3 N–H and O–H groups in total. The van der Waals surface area contributed by atoms with Crippen LogP contribution in [0.2, 0.25) is 0 Å². The maximum atomic E-state index is 13.5. The normalized spacial score (nSPS) is 15.7. The summed E-state index contributed by atoms with van der Waals surface area (Å²) in [6, 6.07) is 3.23. The lowest BCUT2D eigenvalue weighted by molar-refractivity contribution is -0.123. The van der Waals surface area contributed by atoms with E-state index in [9.17, 15) is 14.0 Å². The van der Waals surface area contributed by atoms with Crippen LogP contribution in [0.3, 0.4) is 0 Å². The molecule has 1 aromatic carbocycles. The van der Waals surface area contributed by atoms with Crippen LogP contribution in [0.1, 0.15) is 23.2 Å². The fraction of sp³-hybridized carbons (Fsp3) is 0.429. The fourth-order valence-electron chi connectivity index (χ4n) is 2.10. The Hall–Kier alpha value is -1.99. The van der Waals surface area contributed by atoms with E-state index in [-0.39, 0.29) is 24.0 Å². The van der Waals surface area contributed by atoms with Gasteiger partial charge in [0.1, 0.15) is 12.4 Å². The topological polar surface area (TPSA) is 87.7 Å². The van der Waals surface area contributed by atoms with Crippen molar-refractivity contribution in [2.24, 2.45) is 0 Å². The zero-order valence-electron chi connectivity index (χ0n) is 11.4. The van der Waals surface area contributed by atoms with Gasteiger partial charge in [0.15, 0.2) is 0 Å². The molecule has 1 aliphatic heterocycles. The molecule has 0 aliphatic carbocycles. The summed E-state index contributed by atoms with van der Waals surface area (Å²) < 4.78 is 19.0. The quantitative estimate of drug-likeness (QED) is 0.760. The lowest BCUT2D eigenvalue weighted by Crippen LogP contribution is -2.34. The van der Waals surface area contributed by atoms with Crippen LogP contribution in [0.25, 0.3) is 0 Å². The second-order valence-corrected chi connectivity index (χ2v) is 4.81. The van der Waals surface area contributed by atoms with Crippen molar-refractivity contribution in [1.82, 2.24) is 5.32 Å². The van der Waals surface area contributed by atoms with Crippen LogP contribution in [-0.4, -0.2) is 42.8 Å². The highest BCUT2D eigenvalue weighted by molar-refractivity contribution is 5.94. The smallest absolute Gasteiger partial charge is 0.335 e. The molecule has 0 atom stereocenters. The Morgan fingerprint density at radius 3 is 2.76 bits per heavy atom. The number of carboxylic acids is 1. The summed E-state index contributed by atoms with van der Waals surface area (Å²) >= 11 is 0. The number of hydrogen-bond donors (Lipinski definition) is 3. The van der Waals surface area contributed by atoms with E-state index >= 15 is 0 Å². The predicted molar refractivity (Wildman–Crippen MR) is 73.8 cm³/mol. The zero-order chi connectivity index (χ0) is 15.2. The summed E-state index contributed by atoms with van der Waals surface area (Å²) in [5.41, 5.74) is -0.250. The Morgan fingerprint density at radius 2 is 2.10 bits per heavy atom. The number of hydrogen-bond acceptors (Lipinski definition) is 4. The number of halogens is 1. The predicted octanol–water partition coefficient (Wildman–Crippen LogP) is 1.23. The molecule has 0 radical (unpaired) electrons. The minimum Gasteiger partial charge on any atom is -0.478 e. The van der Waals surface area contributed by atoms with Crippen LogP contribution >= 0.6 is 0 Å². The lowest BCUT2D eigenvalue weighted by Gasteiger charge is -2.22. The number of anilines is 1. The van der Waals surface area contributed by atoms with Gasteiger partial charge in [-0.1, -0.05) is 0 Å². The van der Waals surface area contributed by atoms with Crippen LogP contribution in [0.5, 0.6) is 0 Å². The Bertz CT molecular complexity index is 530. The largest absolute Gasteiger partial charge is 0.478 e. The molecule has 7 heteroatoms. The molecule has 0 aromatic heterocycles. The van der Waals surface area contributed by atoms with Crippen molar-refractivity contribution in [3.8, 4) is 0 Å². The molecule has 0 unspecified atom stereocenters. The number of aromatic carboxylic acids is 1. The molecule has 0 bridgehead atoms.